The number of fused-ring (bicyclic) bond motifs is 1. The first-order valence-electron chi connectivity index (χ1n) is 7.42. The minimum atomic E-state index is -0.213. The fourth-order valence-corrected chi connectivity index (χ4v) is 3.48. The number of hydrazone groups is 1. The Morgan fingerprint density at radius 2 is 1.91 bits per heavy atom. The number of rotatable bonds is 4. The summed E-state index contributed by atoms with van der Waals surface area (Å²) in [6.07, 6.45) is 3.54. The van der Waals surface area contributed by atoms with E-state index in [1.807, 2.05) is 36.4 Å². The number of allylic oxidation sites excluding steroid dienone is 1. The molecule has 0 unspecified atom stereocenters. The molecule has 0 spiro atoms. The van der Waals surface area contributed by atoms with Gasteiger partial charge >= 0.3 is 0 Å². The van der Waals surface area contributed by atoms with Gasteiger partial charge < -0.3 is 4.90 Å². The second-order valence-electron chi connectivity index (χ2n) is 4.90. The highest BCUT2D eigenvalue weighted by Gasteiger charge is 2.22. The van der Waals surface area contributed by atoms with Crippen molar-refractivity contribution in [2.45, 2.75) is 11.8 Å². The third-order valence-electron chi connectivity index (χ3n) is 3.45. The van der Waals surface area contributed by atoms with Gasteiger partial charge in [0.15, 0.2) is 0 Å². The van der Waals surface area contributed by atoms with Crippen molar-refractivity contribution in [2.24, 2.45) is 5.10 Å². The SMILES string of the molecule is CCN1/C(=C\C=N\NC(=O)c2ccccc2)Sc2ccccc21. The maximum Gasteiger partial charge on any atom is 0.271 e. The zero-order valence-corrected chi connectivity index (χ0v) is 13.6. The van der Waals surface area contributed by atoms with Crippen molar-refractivity contribution in [3.8, 4) is 0 Å². The number of para-hydroxylation sites is 1. The first kappa shape index (κ1) is 15.4. The van der Waals surface area contributed by atoms with Crippen LogP contribution in [0.4, 0.5) is 5.69 Å². The van der Waals surface area contributed by atoms with E-state index in [2.05, 4.69) is 34.5 Å². The van der Waals surface area contributed by atoms with Crippen LogP contribution in [0.2, 0.25) is 0 Å². The lowest BCUT2D eigenvalue weighted by Crippen LogP contribution is -2.18. The van der Waals surface area contributed by atoms with E-state index < -0.39 is 0 Å². The zero-order chi connectivity index (χ0) is 16.1. The average molecular weight is 323 g/mol. The molecule has 0 saturated carbocycles. The maximum atomic E-state index is 11.9. The topological polar surface area (TPSA) is 44.7 Å². The Morgan fingerprint density at radius 1 is 1.17 bits per heavy atom. The number of nitrogens with zero attached hydrogens (tertiary/aromatic N) is 2. The van der Waals surface area contributed by atoms with Gasteiger partial charge in [-0.15, -0.1) is 0 Å². The fourth-order valence-electron chi connectivity index (χ4n) is 2.35. The molecule has 1 aliphatic heterocycles. The van der Waals surface area contributed by atoms with E-state index in [0.717, 1.165) is 11.6 Å². The third-order valence-corrected chi connectivity index (χ3v) is 4.58. The monoisotopic (exact) mass is 323 g/mol. The summed E-state index contributed by atoms with van der Waals surface area (Å²) in [5.74, 6) is -0.213. The van der Waals surface area contributed by atoms with Crippen LogP contribution < -0.4 is 10.3 Å². The fraction of sp³-hybridized carbons (Fsp3) is 0.111. The summed E-state index contributed by atoms with van der Waals surface area (Å²) in [6, 6.07) is 17.3. The predicted molar refractivity (Wildman–Crippen MR) is 95.8 cm³/mol. The van der Waals surface area contributed by atoms with Crippen molar-refractivity contribution < 1.29 is 4.79 Å². The summed E-state index contributed by atoms with van der Waals surface area (Å²) in [5, 5.41) is 5.10. The molecule has 5 heteroatoms. The number of amides is 1. The number of carbonyl (C=O) groups is 1. The Labute approximate surface area is 139 Å². The highest BCUT2D eigenvalue weighted by molar-refractivity contribution is 8.03. The molecule has 4 nitrogen and oxygen atoms in total. The number of hydrogen-bond acceptors (Lipinski definition) is 4. The molecule has 0 saturated heterocycles. The summed E-state index contributed by atoms with van der Waals surface area (Å²) >= 11 is 1.71. The summed E-state index contributed by atoms with van der Waals surface area (Å²) < 4.78 is 0. The molecule has 0 radical (unpaired) electrons. The van der Waals surface area contributed by atoms with Crippen LogP contribution in [0.25, 0.3) is 0 Å². The highest BCUT2D eigenvalue weighted by atomic mass is 32.2. The number of nitrogens with one attached hydrogen (secondary N) is 1. The van der Waals surface area contributed by atoms with E-state index in [9.17, 15) is 4.79 Å². The van der Waals surface area contributed by atoms with E-state index in [0.29, 0.717) is 5.56 Å². The van der Waals surface area contributed by atoms with Crippen LogP contribution in [0.5, 0.6) is 0 Å². The first-order chi connectivity index (χ1) is 11.3. The smallest absolute Gasteiger partial charge is 0.271 e. The lowest BCUT2D eigenvalue weighted by molar-refractivity contribution is 0.0955. The Morgan fingerprint density at radius 3 is 2.70 bits per heavy atom. The average Bonchev–Trinajstić information content (AvgIpc) is 2.96. The minimum Gasteiger partial charge on any atom is -0.335 e. The van der Waals surface area contributed by atoms with Crippen LogP contribution in [0.1, 0.15) is 17.3 Å². The molecule has 2 aromatic carbocycles. The van der Waals surface area contributed by atoms with Gasteiger partial charge in [0.25, 0.3) is 5.91 Å². The standard InChI is InChI=1S/C18H17N3OS/c1-2-21-15-10-6-7-11-16(15)23-17(21)12-13-19-20-18(22)14-8-4-3-5-9-14/h3-13H,2H2,1H3,(H,20,22)/b17-12+,19-13+. The normalized spacial score (nSPS) is 15.2. The number of hydrogen-bond donors (Lipinski definition) is 1. The maximum absolute atomic E-state index is 11.9. The summed E-state index contributed by atoms with van der Waals surface area (Å²) in [6.45, 7) is 3.00. The van der Waals surface area contributed by atoms with Crippen molar-refractivity contribution in [3.63, 3.8) is 0 Å². The number of anilines is 1. The van der Waals surface area contributed by atoms with Crippen molar-refractivity contribution in [3.05, 3.63) is 71.3 Å². The number of thioether (sulfide) groups is 1. The molecule has 1 aliphatic rings. The Balaban J connectivity index is 1.65. The lowest BCUT2D eigenvalue weighted by atomic mass is 10.2. The number of benzene rings is 2. The quantitative estimate of drug-likeness (QED) is 0.686. The van der Waals surface area contributed by atoms with Crippen LogP contribution in [0.15, 0.2) is 75.7 Å². The second kappa shape index (κ2) is 7.15. The van der Waals surface area contributed by atoms with Crippen LogP contribution in [-0.2, 0) is 0 Å². The molecule has 2 aromatic rings. The molecule has 23 heavy (non-hydrogen) atoms. The van der Waals surface area contributed by atoms with Crippen LogP contribution in [0, 0.1) is 0 Å². The predicted octanol–water partition coefficient (Wildman–Crippen LogP) is 3.88. The molecule has 0 bridgehead atoms. The Bertz CT molecular complexity index is 756. The van der Waals surface area contributed by atoms with Crippen LogP contribution in [0.3, 0.4) is 0 Å². The van der Waals surface area contributed by atoms with Gasteiger partial charge in [-0.2, -0.15) is 5.10 Å². The van der Waals surface area contributed by atoms with E-state index in [1.54, 1.807) is 30.1 Å². The zero-order valence-electron chi connectivity index (χ0n) is 12.8. The van der Waals surface area contributed by atoms with Gasteiger partial charge in [0.05, 0.1) is 10.7 Å². The summed E-state index contributed by atoms with van der Waals surface area (Å²) in [7, 11) is 0. The van der Waals surface area contributed by atoms with Gasteiger partial charge in [-0.05, 0) is 37.3 Å². The van der Waals surface area contributed by atoms with Gasteiger partial charge in [-0.25, -0.2) is 5.43 Å². The third kappa shape index (κ3) is 3.46. The molecule has 3 rings (SSSR count). The molecule has 1 heterocycles. The molecular formula is C18H17N3OS. The second-order valence-corrected chi connectivity index (χ2v) is 5.97. The van der Waals surface area contributed by atoms with Crippen LogP contribution in [-0.4, -0.2) is 18.7 Å². The van der Waals surface area contributed by atoms with E-state index in [-0.39, 0.29) is 5.91 Å². The van der Waals surface area contributed by atoms with Crippen molar-refractivity contribution in [2.75, 3.05) is 11.4 Å². The van der Waals surface area contributed by atoms with Crippen molar-refractivity contribution >= 4 is 29.6 Å². The molecule has 116 valence electrons. The first-order valence-corrected chi connectivity index (χ1v) is 8.24. The lowest BCUT2D eigenvalue weighted by Gasteiger charge is -2.17. The van der Waals surface area contributed by atoms with Crippen molar-refractivity contribution in [1.29, 1.82) is 0 Å². The van der Waals surface area contributed by atoms with Crippen molar-refractivity contribution in [1.82, 2.24) is 5.43 Å². The Hall–Kier alpha value is -2.53. The van der Waals surface area contributed by atoms with Gasteiger partial charge in [-0.1, -0.05) is 42.1 Å². The summed E-state index contributed by atoms with van der Waals surface area (Å²) in [5.41, 5.74) is 4.34. The summed E-state index contributed by atoms with van der Waals surface area (Å²) in [4.78, 5) is 15.3. The number of carbonyl (C=O) groups excluding carboxylic acids is 1. The van der Waals surface area contributed by atoms with Gasteiger partial charge in [0.1, 0.15) is 0 Å². The van der Waals surface area contributed by atoms with Crippen LogP contribution >= 0.6 is 11.8 Å². The molecule has 0 atom stereocenters. The van der Waals surface area contributed by atoms with Gasteiger partial charge in [0, 0.05) is 23.2 Å². The minimum absolute atomic E-state index is 0.213. The van der Waals surface area contributed by atoms with E-state index >= 15 is 0 Å². The van der Waals surface area contributed by atoms with E-state index in [4.69, 9.17) is 0 Å². The van der Waals surface area contributed by atoms with E-state index in [1.165, 1.54) is 10.6 Å². The molecule has 1 N–H and O–H groups in total. The van der Waals surface area contributed by atoms with Gasteiger partial charge in [0.2, 0.25) is 0 Å². The molecule has 1 amide bonds. The largest absolute Gasteiger partial charge is 0.335 e. The molecule has 0 aromatic heterocycles. The molecule has 0 aliphatic carbocycles. The van der Waals surface area contributed by atoms with Gasteiger partial charge in [-0.3, -0.25) is 4.79 Å². The molecular weight excluding hydrogens is 306 g/mol. The molecule has 0 fully saturated rings. The highest BCUT2D eigenvalue weighted by Crippen LogP contribution is 2.45. The Kier molecular flexibility index (Phi) is 4.78.